The highest BCUT2D eigenvalue weighted by Gasteiger charge is 2.15. The average Bonchev–Trinajstić information content (AvgIpc) is 2.75. The molecule has 0 saturated heterocycles. The van der Waals surface area contributed by atoms with E-state index in [0.717, 1.165) is 11.5 Å². The third kappa shape index (κ3) is 4.01. The molecule has 0 aliphatic heterocycles. The quantitative estimate of drug-likeness (QED) is 0.882. The third-order valence-corrected chi connectivity index (χ3v) is 3.23. The van der Waals surface area contributed by atoms with Crippen molar-refractivity contribution in [1.29, 1.82) is 0 Å². The Balaban J connectivity index is 2.04. The minimum atomic E-state index is -2.84. The summed E-state index contributed by atoms with van der Waals surface area (Å²) in [5.74, 6) is 1.53. The van der Waals surface area contributed by atoms with Crippen LogP contribution in [0.1, 0.15) is 35.9 Å². The number of hydrogen-bond acceptors (Lipinski definition) is 4. The Morgan fingerprint density at radius 1 is 1.29 bits per heavy atom. The van der Waals surface area contributed by atoms with Crippen LogP contribution in [0.25, 0.3) is 0 Å². The molecule has 0 amide bonds. The van der Waals surface area contributed by atoms with Gasteiger partial charge in [0, 0.05) is 11.6 Å². The topological polar surface area (TPSA) is 47.3 Å². The molecule has 1 atom stereocenters. The summed E-state index contributed by atoms with van der Waals surface area (Å²) in [7, 11) is 0. The van der Waals surface area contributed by atoms with Gasteiger partial charge in [-0.1, -0.05) is 18.2 Å². The molecule has 0 radical (unpaired) electrons. The van der Waals surface area contributed by atoms with Crippen LogP contribution in [0.5, 0.6) is 5.75 Å². The number of para-hydroxylation sites is 1. The summed E-state index contributed by atoms with van der Waals surface area (Å²) in [5, 5.41) is 3.19. The van der Waals surface area contributed by atoms with Crippen molar-refractivity contribution in [2.45, 2.75) is 40.0 Å². The van der Waals surface area contributed by atoms with Gasteiger partial charge >= 0.3 is 6.61 Å². The zero-order valence-corrected chi connectivity index (χ0v) is 12.2. The maximum Gasteiger partial charge on any atom is 0.387 e. The van der Waals surface area contributed by atoms with E-state index < -0.39 is 6.61 Å². The molecule has 21 heavy (non-hydrogen) atoms. The third-order valence-electron chi connectivity index (χ3n) is 3.23. The molecule has 0 spiro atoms. The van der Waals surface area contributed by atoms with E-state index in [4.69, 9.17) is 4.42 Å². The van der Waals surface area contributed by atoms with Crippen LogP contribution in [0, 0.1) is 13.8 Å². The molecule has 114 valence electrons. The second kappa shape index (κ2) is 6.67. The lowest BCUT2D eigenvalue weighted by Crippen LogP contribution is -2.19. The Hall–Kier alpha value is -1.95. The summed E-state index contributed by atoms with van der Waals surface area (Å²) >= 11 is 0. The summed E-state index contributed by atoms with van der Waals surface area (Å²) in [5.41, 5.74) is 1.51. The molecule has 4 nitrogen and oxygen atoms in total. The number of benzene rings is 1. The van der Waals surface area contributed by atoms with Crippen molar-refractivity contribution in [1.82, 2.24) is 10.3 Å². The van der Waals surface area contributed by atoms with Crippen molar-refractivity contribution in [2.24, 2.45) is 0 Å². The van der Waals surface area contributed by atoms with Crippen LogP contribution in [0.4, 0.5) is 8.78 Å². The lowest BCUT2D eigenvalue weighted by molar-refractivity contribution is -0.0506. The molecular weight excluding hydrogens is 278 g/mol. The summed E-state index contributed by atoms with van der Waals surface area (Å²) in [6.45, 7) is 3.17. The second-order valence-corrected chi connectivity index (χ2v) is 4.77. The molecule has 2 aromatic rings. The van der Waals surface area contributed by atoms with Crippen molar-refractivity contribution >= 4 is 0 Å². The minimum Gasteiger partial charge on any atom is -0.444 e. The molecule has 0 saturated carbocycles. The Morgan fingerprint density at radius 3 is 2.62 bits per heavy atom. The van der Waals surface area contributed by atoms with E-state index in [0.29, 0.717) is 18.0 Å². The van der Waals surface area contributed by atoms with E-state index in [1.807, 2.05) is 20.8 Å². The number of hydrogen-bond donors (Lipinski definition) is 1. The van der Waals surface area contributed by atoms with Crippen LogP contribution >= 0.6 is 0 Å². The van der Waals surface area contributed by atoms with Gasteiger partial charge in [-0.15, -0.1) is 0 Å². The number of nitrogens with one attached hydrogen (secondary N) is 1. The lowest BCUT2D eigenvalue weighted by Gasteiger charge is -2.17. The van der Waals surface area contributed by atoms with Crippen LogP contribution in [0.3, 0.4) is 0 Å². The van der Waals surface area contributed by atoms with Gasteiger partial charge in [0.05, 0.1) is 12.2 Å². The Bertz CT molecular complexity index is 580. The molecule has 1 aromatic heterocycles. The number of halogens is 2. The summed E-state index contributed by atoms with van der Waals surface area (Å²) in [6, 6.07) is 6.55. The van der Waals surface area contributed by atoms with Crippen molar-refractivity contribution in [3.8, 4) is 5.75 Å². The van der Waals surface area contributed by atoms with E-state index >= 15 is 0 Å². The van der Waals surface area contributed by atoms with Crippen LogP contribution in [0.2, 0.25) is 0 Å². The zero-order valence-electron chi connectivity index (χ0n) is 12.2. The van der Waals surface area contributed by atoms with Gasteiger partial charge in [0.25, 0.3) is 0 Å². The molecule has 1 unspecified atom stereocenters. The normalized spacial score (nSPS) is 12.7. The number of oxazole rings is 1. The molecule has 1 aromatic carbocycles. The standard InChI is InChI=1S/C15H18F2N2O2/c1-9-11(3)20-14(19-9)8-18-10(2)12-6-4-5-7-13(12)21-15(16)17/h4-7,10,15,18H,8H2,1-3H3. The summed E-state index contributed by atoms with van der Waals surface area (Å²) in [4.78, 5) is 4.27. The van der Waals surface area contributed by atoms with Crippen molar-refractivity contribution in [3.05, 3.63) is 47.2 Å². The predicted molar refractivity (Wildman–Crippen MR) is 74.3 cm³/mol. The van der Waals surface area contributed by atoms with Gasteiger partial charge in [0.1, 0.15) is 11.5 Å². The predicted octanol–water partition coefficient (Wildman–Crippen LogP) is 3.74. The fourth-order valence-electron chi connectivity index (χ4n) is 2.01. The first-order chi connectivity index (χ1) is 9.97. The average molecular weight is 296 g/mol. The van der Waals surface area contributed by atoms with E-state index in [1.165, 1.54) is 6.07 Å². The minimum absolute atomic E-state index is 0.173. The Morgan fingerprint density at radius 2 is 2.00 bits per heavy atom. The SMILES string of the molecule is Cc1nc(CNC(C)c2ccccc2OC(F)F)oc1C. The van der Waals surface area contributed by atoms with Crippen LogP contribution in [-0.2, 0) is 6.54 Å². The highest BCUT2D eigenvalue weighted by Crippen LogP contribution is 2.26. The number of alkyl halides is 2. The first kappa shape index (κ1) is 15.4. The molecule has 1 heterocycles. The summed E-state index contributed by atoms with van der Waals surface area (Å²) < 4.78 is 34.8. The van der Waals surface area contributed by atoms with Crippen LogP contribution in [-0.4, -0.2) is 11.6 Å². The first-order valence-electron chi connectivity index (χ1n) is 6.67. The highest BCUT2D eigenvalue weighted by atomic mass is 19.3. The van der Waals surface area contributed by atoms with Gasteiger partial charge in [0.15, 0.2) is 0 Å². The monoisotopic (exact) mass is 296 g/mol. The van der Waals surface area contributed by atoms with Gasteiger partial charge in [0.2, 0.25) is 5.89 Å². The number of aryl methyl sites for hydroxylation is 2. The van der Waals surface area contributed by atoms with Gasteiger partial charge in [-0.3, -0.25) is 0 Å². The van der Waals surface area contributed by atoms with E-state index in [9.17, 15) is 8.78 Å². The first-order valence-corrected chi connectivity index (χ1v) is 6.67. The Labute approximate surface area is 122 Å². The molecule has 0 fully saturated rings. The molecule has 0 bridgehead atoms. The molecular formula is C15H18F2N2O2. The maximum absolute atomic E-state index is 12.4. The lowest BCUT2D eigenvalue weighted by atomic mass is 10.1. The number of aromatic nitrogens is 1. The fraction of sp³-hybridized carbons (Fsp3) is 0.400. The number of ether oxygens (including phenoxy) is 1. The van der Waals surface area contributed by atoms with E-state index in [2.05, 4.69) is 15.0 Å². The van der Waals surface area contributed by atoms with Crippen molar-refractivity contribution in [2.75, 3.05) is 0 Å². The van der Waals surface area contributed by atoms with Crippen molar-refractivity contribution < 1.29 is 17.9 Å². The molecule has 2 rings (SSSR count). The van der Waals surface area contributed by atoms with E-state index in [-0.39, 0.29) is 11.8 Å². The van der Waals surface area contributed by atoms with Gasteiger partial charge < -0.3 is 14.5 Å². The maximum atomic E-state index is 12.4. The zero-order chi connectivity index (χ0) is 15.4. The van der Waals surface area contributed by atoms with Gasteiger partial charge in [-0.25, -0.2) is 4.98 Å². The largest absolute Gasteiger partial charge is 0.444 e. The Kier molecular flexibility index (Phi) is 4.90. The highest BCUT2D eigenvalue weighted by molar-refractivity contribution is 5.35. The fourth-order valence-corrected chi connectivity index (χ4v) is 2.01. The molecule has 1 N–H and O–H groups in total. The number of nitrogens with zero attached hydrogens (tertiary/aromatic N) is 1. The molecule has 0 aliphatic carbocycles. The molecule has 6 heteroatoms. The van der Waals surface area contributed by atoms with Crippen molar-refractivity contribution in [3.63, 3.8) is 0 Å². The number of rotatable bonds is 6. The van der Waals surface area contributed by atoms with Gasteiger partial charge in [-0.2, -0.15) is 8.78 Å². The van der Waals surface area contributed by atoms with E-state index in [1.54, 1.807) is 18.2 Å². The summed E-state index contributed by atoms with van der Waals surface area (Å²) in [6.07, 6.45) is 0. The second-order valence-electron chi connectivity index (χ2n) is 4.77. The van der Waals surface area contributed by atoms with Gasteiger partial charge in [-0.05, 0) is 26.8 Å². The van der Waals surface area contributed by atoms with Crippen LogP contribution < -0.4 is 10.1 Å². The smallest absolute Gasteiger partial charge is 0.387 e. The van der Waals surface area contributed by atoms with Crippen LogP contribution in [0.15, 0.2) is 28.7 Å². The molecule has 0 aliphatic rings.